The van der Waals surface area contributed by atoms with Crippen molar-refractivity contribution >= 4 is 11.7 Å². The average molecular weight is 381 g/mol. The molecule has 1 heterocycles. The Morgan fingerprint density at radius 2 is 1.71 bits per heavy atom. The summed E-state index contributed by atoms with van der Waals surface area (Å²) in [4.78, 5) is 16.7. The molecule has 8 rings (SSSR count). The highest BCUT2D eigenvalue weighted by atomic mass is 16.6. The number of nitrogens with one attached hydrogen (secondary N) is 1. The molecule has 1 aromatic heterocycles. The lowest BCUT2D eigenvalue weighted by molar-refractivity contribution is -0.185. The Bertz CT molecular complexity index is 825. The molecule has 2 atom stereocenters. The number of hydrogen-bond acceptors (Lipinski definition) is 4. The first-order valence-corrected chi connectivity index (χ1v) is 11.4. The van der Waals surface area contributed by atoms with Crippen LogP contribution in [0.3, 0.4) is 0 Å². The minimum Gasteiger partial charge on any atom is -0.459 e. The van der Waals surface area contributed by atoms with Gasteiger partial charge in [-0.1, -0.05) is 0 Å². The third-order valence-corrected chi connectivity index (χ3v) is 8.67. The summed E-state index contributed by atoms with van der Waals surface area (Å²) in [5.74, 6) is 2.71. The van der Waals surface area contributed by atoms with Crippen molar-refractivity contribution in [3.63, 3.8) is 0 Å². The van der Waals surface area contributed by atoms with Crippen LogP contribution in [0.25, 0.3) is 0 Å². The first-order chi connectivity index (χ1) is 13.4. The molecule has 1 N–H and O–H groups in total. The Hall–Kier alpha value is -1.58. The Kier molecular flexibility index (Phi) is 3.54. The lowest BCUT2D eigenvalue weighted by Crippen LogP contribution is -2.63. The molecule has 0 aromatic carbocycles. The van der Waals surface area contributed by atoms with Gasteiger partial charge >= 0.3 is 5.97 Å². The van der Waals surface area contributed by atoms with Crippen molar-refractivity contribution in [1.82, 2.24) is 4.98 Å². The molecule has 0 spiro atoms. The minimum atomic E-state index is -0.222. The summed E-state index contributed by atoms with van der Waals surface area (Å²) >= 11 is 0. The maximum Gasteiger partial charge on any atom is 0.303 e. The van der Waals surface area contributed by atoms with E-state index in [9.17, 15) is 4.79 Å². The number of pyridine rings is 1. The monoisotopic (exact) mass is 380 g/mol. The molecule has 28 heavy (non-hydrogen) atoms. The highest BCUT2D eigenvalue weighted by Crippen LogP contribution is 2.60. The first-order valence-electron chi connectivity index (χ1n) is 11.4. The third-order valence-electron chi connectivity index (χ3n) is 8.67. The second-order valence-corrected chi connectivity index (χ2v) is 10.8. The van der Waals surface area contributed by atoms with Gasteiger partial charge in [-0.05, 0) is 99.5 Å². The quantitative estimate of drug-likeness (QED) is 0.731. The number of aryl methyl sites for hydroxylation is 1. The highest BCUT2D eigenvalue weighted by Gasteiger charge is 2.59. The van der Waals surface area contributed by atoms with Crippen LogP contribution < -0.4 is 5.32 Å². The van der Waals surface area contributed by atoms with Gasteiger partial charge in [0.2, 0.25) is 0 Å². The number of anilines is 1. The number of fused-ring (bicyclic) bond motifs is 2. The summed E-state index contributed by atoms with van der Waals surface area (Å²) in [6.07, 6.45) is 14.4. The van der Waals surface area contributed by atoms with E-state index in [0.717, 1.165) is 25.2 Å². The van der Waals surface area contributed by atoms with Gasteiger partial charge in [-0.2, -0.15) is 0 Å². The van der Waals surface area contributed by atoms with Gasteiger partial charge in [0.15, 0.2) is 0 Å². The summed E-state index contributed by atoms with van der Waals surface area (Å²) in [5, 5.41) is 4.07. The van der Waals surface area contributed by atoms with Gasteiger partial charge in [-0.15, -0.1) is 0 Å². The Balaban J connectivity index is 1.38. The van der Waals surface area contributed by atoms with Crippen molar-refractivity contribution < 1.29 is 9.53 Å². The number of ether oxygens (including phenoxy) is 1. The van der Waals surface area contributed by atoms with Crippen molar-refractivity contribution in [1.29, 1.82) is 0 Å². The second kappa shape index (κ2) is 5.73. The predicted molar refractivity (Wildman–Crippen MR) is 108 cm³/mol. The number of aromatic nitrogens is 1. The fraction of sp³-hybridized carbons (Fsp3) is 0.750. The Morgan fingerprint density at radius 3 is 2.36 bits per heavy atom. The molecule has 7 aliphatic rings. The van der Waals surface area contributed by atoms with Crippen molar-refractivity contribution in [2.24, 2.45) is 11.8 Å². The summed E-state index contributed by atoms with van der Waals surface area (Å²) in [6, 6.07) is 0. The van der Waals surface area contributed by atoms with Gasteiger partial charge in [0.1, 0.15) is 5.60 Å². The zero-order valence-corrected chi connectivity index (χ0v) is 17.2. The molecule has 6 bridgehead atoms. The second-order valence-electron chi connectivity index (χ2n) is 10.8. The van der Waals surface area contributed by atoms with Crippen LogP contribution in [0.15, 0.2) is 6.20 Å². The number of esters is 1. The van der Waals surface area contributed by atoms with E-state index in [1.807, 2.05) is 0 Å². The molecule has 4 heteroatoms. The maximum atomic E-state index is 11.9. The van der Waals surface area contributed by atoms with Gasteiger partial charge in [-0.3, -0.25) is 9.78 Å². The van der Waals surface area contributed by atoms with Gasteiger partial charge < -0.3 is 10.1 Å². The van der Waals surface area contributed by atoms with Crippen molar-refractivity contribution in [3.05, 3.63) is 23.0 Å². The number of carbonyl (C=O) groups excluding carboxylic acids is 1. The highest BCUT2D eigenvalue weighted by molar-refractivity contribution is 5.67. The van der Waals surface area contributed by atoms with E-state index in [4.69, 9.17) is 9.72 Å². The zero-order chi connectivity index (χ0) is 19.1. The Morgan fingerprint density at radius 1 is 1.07 bits per heavy atom. The molecule has 0 aliphatic heterocycles. The van der Waals surface area contributed by atoms with Gasteiger partial charge in [0.25, 0.3) is 0 Å². The molecule has 0 saturated heterocycles. The van der Waals surface area contributed by atoms with Crippen molar-refractivity contribution in [2.75, 3.05) is 5.32 Å². The first kappa shape index (κ1) is 17.3. The topological polar surface area (TPSA) is 51.2 Å². The molecule has 2 unspecified atom stereocenters. The summed E-state index contributed by atoms with van der Waals surface area (Å²) < 4.78 is 6.00. The lowest BCUT2D eigenvalue weighted by atomic mass is 9.51. The molecule has 0 radical (unpaired) electrons. The van der Waals surface area contributed by atoms with E-state index in [2.05, 4.69) is 18.4 Å². The molecule has 5 fully saturated rings. The summed E-state index contributed by atoms with van der Waals surface area (Å²) in [7, 11) is 0. The molecule has 5 saturated carbocycles. The van der Waals surface area contributed by atoms with Crippen LogP contribution >= 0.6 is 0 Å². The minimum absolute atomic E-state index is 0.0843. The molecular weight excluding hydrogens is 348 g/mol. The average Bonchev–Trinajstić information content (AvgIpc) is 2.62. The lowest BCUT2D eigenvalue weighted by Gasteiger charge is -2.61. The SMILES string of the molecule is CC(=O)OC12CC3CC(CC(Nc4cnc(C)c5c4C4CCC5CC4)(C3)C1)C2. The normalized spacial score (nSPS) is 42.4. The van der Waals surface area contributed by atoms with Crippen LogP contribution in [0, 0.1) is 18.8 Å². The molecule has 150 valence electrons. The Labute approximate surface area is 167 Å². The standard InChI is InChI=1S/C24H32N2O2/c1-14-21-18-3-5-19(6-4-18)22(21)20(12-25-14)26-23-8-16-7-17(9-23)11-24(10-16,13-23)28-15(2)27/h12,16-19,26H,3-11,13H2,1-2H3. The maximum absolute atomic E-state index is 11.9. The van der Waals surface area contributed by atoms with E-state index in [1.165, 1.54) is 56.3 Å². The van der Waals surface area contributed by atoms with Crippen LogP contribution in [-0.4, -0.2) is 22.1 Å². The molecule has 7 aliphatic carbocycles. The van der Waals surface area contributed by atoms with Crippen LogP contribution in [0.1, 0.15) is 99.8 Å². The third kappa shape index (κ3) is 2.48. The fourth-order valence-corrected chi connectivity index (χ4v) is 8.40. The van der Waals surface area contributed by atoms with Crippen LogP contribution in [0.2, 0.25) is 0 Å². The van der Waals surface area contributed by atoms with E-state index >= 15 is 0 Å². The number of hydrogen-bond donors (Lipinski definition) is 1. The van der Waals surface area contributed by atoms with Gasteiger partial charge in [0, 0.05) is 24.6 Å². The molecule has 4 nitrogen and oxygen atoms in total. The van der Waals surface area contributed by atoms with E-state index < -0.39 is 0 Å². The smallest absolute Gasteiger partial charge is 0.303 e. The fourth-order valence-electron chi connectivity index (χ4n) is 8.40. The van der Waals surface area contributed by atoms with E-state index in [-0.39, 0.29) is 17.1 Å². The van der Waals surface area contributed by atoms with Gasteiger partial charge in [-0.25, -0.2) is 0 Å². The van der Waals surface area contributed by atoms with E-state index in [1.54, 1.807) is 18.1 Å². The number of rotatable bonds is 3. The molecule has 1 aromatic rings. The van der Waals surface area contributed by atoms with Gasteiger partial charge in [0.05, 0.1) is 11.9 Å². The molecular formula is C24H32N2O2. The van der Waals surface area contributed by atoms with Crippen LogP contribution in [0.4, 0.5) is 5.69 Å². The summed E-state index contributed by atoms with van der Waals surface area (Å²) in [5.41, 5.74) is 5.56. The number of nitrogens with zero attached hydrogens (tertiary/aromatic N) is 1. The largest absolute Gasteiger partial charge is 0.459 e. The predicted octanol–water partition coefficient (Wildman–Crippen LogP) is 5.21. The zero-order valence-electron chi connectivity index (χ0n) is 17.2. The molecule has 0 amide bonds. The van der Waals surface area contributed by atoms with Crippen LogP contribution in [0.5, 0.6) is 0 Å². The van der Waals surface area contributed by atoms with E-state index in [0.29, 0.717) is 17.8 Å². The van der Waals surface area contributed by atoms with Crippen molar-refractivity contribution in [2.45, 2.75) is 101 Å². The summed E-state index contributed by atoms with van der Waals surface area (Å²) in [6.45, 7) is 3.78. The van der Waals surface area contributed by atoms with Crippen molar-refractivity contribution in [3.8, 4) is 0 Å². The number of carbonyl (C=O) groups is 1. The van der Waals surface area contributed by atoms with Crippen LogP contribution in [-0.2, 0) is 9.53 Å².